The molecule has 1 aromatic carbocycles. The van der Waals surface area contributed by atoms with Gasteiger partial charge in [-0.05, 0) is 19.1 Å². The highest BCUT2D eigenvalue weighted by Gasteiger charge is 2.43. The van der Waals surface area contributed by atoms with E-state index in [1.165, 1.54) is 4.90 Å². The lowest BCUT2D eigenvalue weighted by Gasteiger charge is -2.35. The molecule has 1 fully saturated rings. The van der Waals surface area contributed by atoms with Gasteiger partial charge in [-0.15, -0.1) is 17.5 Å². The van der Waals surface area contributed by atoms with E-state index in [1.54, 1.807) is 11.6 Å². The average molecular weight is 433 g/mol. The van der Waals surface area contributed by atoms with Crippen molar-refractivity contribution < 1.29 is 18.0 Å². The zero-order valence-corrected chi connectivity index (χ0v) is 16.8. The molecule has 0 saturated carbocycles. The van der Waals surface area contributed by atoms with Crippen molar-refractivity contribution in [2.75, 3.05) is 32.7 Å². The third-order valence-corrected chi connectivity index (χ3v) is 4.78. The van der Waals surface area contributed by atoms with Gasteiger partial charge in [-0.25, -0.2) is 4.68 Å². The summed E-state index contributed by atoms with van der Waals surface area (Å²) in [6, 6.07) is 7.60. The van der Waals surface area contributed by atoms with E-state index in [1.807, 2.05) is 30.3 Å². The van der Waals surface area contributed by atoms with Gasteiger partial charge in [0.2, 0.25) is 5.91 Å². The van der Waals surface area contributed by atoms with Crippen LogP contribution in [0, 0.1) is 6.92 Å². The molecule has 2 aromatic rings. The van der Waals surface area contributed by atoms with Gasteiger partial charge in [0.05, 0.1) is 23.5 Å². The van der Waals surface area contributed by atoms with Crippen molar-refractivity contribution in [3.8, 4) is 5.69 Å². The van der Waals surface area contributed by atoms with E-state index in [0.29, 0.717) is 37.6 Å². The monoisotopic (exact) mass is 432 g/mol. The van der Waals surface area contributed by atoms with Crippen LogP contribution in [-0.4, -0.2) is 70.7 Å². The van der Waals surface area contributed by atoms with Crippen molar-refractivity contribution in [2.45, 2.75) is 25.6 Å². The van der Waals surface area contributed by atoms with Crippen LogP contribution in [0.25, 0.3) is 5.69 Å². The van der Waals surface area contributed by atoms with Gasteiger partial charge in [0.25, 0.3) is 0 Å². The lowest BCUT2D eigenvalue weighted by molar-refractivity contribution is -0.184. The number of nitrogens with one attached hydrogen (secondary N) is 2. The molecule has 3 rings (SSSR count). The average Bonchev–Trinajstić information content (AvgIpc) is 3.03. The third-order valence-electron chi connectivity index (χ3n) is 4.78. The summed E-state index contributed by atoms with van der Waals surface area (Å²) in [4.78, 5) is 13.6. The summed E-state index contributed by atoms with van der Waals surface area (Å²) in [5.41, 5.74) is 1.91. The largest absolute Gasteiger partial charge is 0.405 e. The zero-order valence-electron chi connectivity index (χ0n) is 15.9. The minimum atomic E-state index is -4.41. The molecule has 11 heteroatoms. The predicted molar refractivity (Wildman–Crippen MR) is 104 cm³/mol. The zero-order chi connectivity index (χ0) is 20.1. The molecule has 1 saturated heterocycles. The molecule has 2 heterocycles. The first-order valence-electron chi connectivity index (χ1n) is 9.11. The van der Waals surface area contributed by atoms with Crippen LogP contribution in [0.3, 0.4) is 0 Å². The molecular weight excluding hydrogens is 409 g/mol. The summed E-state index contributed by atoms with van der Waals surface area (Å²) in [5.74, 6) is -0.507. The van der Waals surface area contributed by atoms with E-state index in [-0.39, 0.29) is 18.8 Å². The molecule has 29 heavy (non-hydrogen) atoms. The fourth-order valence-electron chi connectivity index (χ4n) is 3.21. The molecule has 7 nitrogen and oxygen atoms in total. The molecule has 0 spiro atoms. The van der Waals surface area contributed by atoms with Gasteiger partial charge in [-0.2, -0.15) is 13.2 Å². The number of hydrogen-bond donors (Lipinski definition) is 2. The first-order valence-corrected chi connectivity index (χ1v) is 9.11. The van der Waals surface area contributed by atoms with E-state index >= 15 is 0 Å². The van der Waals surface area contributed by atoms with Crippen LogP contribution < -0.4 is 10.6 Å². The number of halogens is 4. The van der Waals surface area contributed by atoms with Crippen molar-refractivity contribution in [3.05, 3.63) is 41.7 Å². The van der Waals surface area contributed by atoms with Gasteiger partial charge in [0.1, 0.15) is 6.04 Å². The number of carbonyl (C=O) groups is 1. The highest BCUT2D eigenvalue weighted by atomic mass is 35.5. The first kappa shape index (κ1) is 23.1. The number of benzene rings is 1. The Bertz CT molecular complexity index is 793. The SMILES string of the molecule is Cc1c(CC(=O)NCC(N2CCNCC2)C(F)(F)F)nnn1-c1ccccc1.Cl. The van der Waals surface area contributed by atoms with Crippen LogP contribution in [0.2, 0.25) is 0 Å². The lowest BCUT2D eigenvalue weighted by Crippen LogP contribution is -2.57. The summed E-state index contributed by atoms with van der Waals surface area (Å²) in [7, 11) is 0. The molecule has 1 amide bonds. The van der Waals surface area contributed by atoms with E-state index < -0.39 is 24.7 Å². The Kier molecular flexibility index (Phi) is 8.00. The molecule has 160 valence electrons. The Balaban J connectivity index is 0.00000300. The van der Waals surface area contributed by atoms with E-state index in [4.69, 9.17) is 0 Å². The standard InChI is InChI=1S/C18H23F3N6O.ClH/c1-13-15(24-25-27(13)14-5-3-2-4-6-14)11-17(28)23-12-16(18(19,20)21)26-9-7-22-8-10-26;/h2-6,16,22H,7-12H2,1H3,(H,23,28);1H. The Morgan fingerprint density at radius 2 is 1.90 bits per heavy atom. The van der Waals surface area contributed by atoms with E-state index in [9.17, 15) is 18.0 Å². The molecule has 1 unspecified atom stereocenters. The second-order valence-electron chi connectivity index (χ2n) is 6.69. The molecule has 1 atom stereocenters. The number of amides is 1. The van der Waals surface area contributed by atoms with Crippen molar-refractivity contribution in [1.82, 2.24) is 30.5 Å². The van der Waals surface area contributed by atoms with Crippen LogP contribution in [-0.2, 0) is 11.2 Å². The number of hydrogen-bond acceptors (Lipinski definition) is 5. The first-order chi connectivity index (χ1) is 13.4. The number of piperazine rings is 1. The second-order valence-corrected chi connectivity index (χ2v) is 6.69. The van der Waals surface area contributed by atoms with Crippen molar-refractivity contribution in [1.29, 1.82) is 0 Å². The Hall–Kier alpha value is -2.17. The second kappa shape index (κ2) is 10.0. The van der Waals surface area contributed by atoms with Crippen LogP contribution in [0.5, 0.6) is 0 Å². The summed E-state index contributed by atoms with van der Waals surface area (Å²) < 4.78 is 41.8. The predicted octanol–water partition coefficient (Wildman–Crippen LogP) is 1.49. The molecule has 1 aliphatic rings. The van der Waals surface area contributed by atoms with E-state index in [0.717, 1.165) is 5.69 Å². The van der Waals surface area contributed by atoms with Gasteiger partial charge < -0.3 is 10.6 Å². The van der Waals surface area contributed by atoms with Crippen molar-refractivity contribution in [3.63, 3.8) is 0 Å². The normalized spacial score (nSPS) is 16.1. The number of nitrogens with zero attached hydrogens (tertiary/aromatic N) is 4. The third kappa shape index (κ3) is 5.91. The lowest BCUT2D eigenvalue weighted by atomic mass is 10.2. The maximum atomic E-state index is 13.4. The number of alkyl halides is 3. The summed E-state index contributed by atoms with van der Waals surface area (Å²) in [6.07, 6.45) is -4.53. The van der Waals surface area contributed by atoms with Crippen molar-refractivity contribution in [2.24, 2.45) is 0 Å². The molecule has 1 aromatic heterocycles. The number of carbonyl (C=O) groups excluding carboxylic acids is 1. The number of para-hydroxylation sites is 1. The fourth-order valence-corrected chi connectivity index (χ4v) is 3.21. The summed E-state index contributed by atoms with van der Waals surface area (Å²) in [5, 5.41) is 13.5. The molecule has 0 bridgehead atoms. The maximum absolute atomic E-state index is 13.4. The smallest absolute Gasteiger partial charge is 0.354 e. The van der Waals surface area contributed by atoms with Crippen LogP contribution in [0.15, 0.2) is 30.3 Å². The van der Waals surface area contributed by atoms with Crippen LogP contribution in [0.1, 0.15) is 11.4 Å². The highest BCUT2D eigenvalue weighted by Crippen LogP contribution is 2.24. The number of rotatable bonds is 6. The Labute approximate surface area is 173 Å². The molecule has 1 aliphatic heterocycles. The van der Waals surface area contributed by atoms with Crippen LogP contribution in [0.4, 0.5) is 13.2 Å². The molecule has 0 aliphatic carbocycles. The molecular formula is C18H24ClF3N6O. The summed E-state index contributed by atoms with van der Waals surface area (Å²) in [6.45, 7) is 2.89. The van der Waals surface area contributed by atoms with Gasteiger partial charge >= 0.3 is 6.18 Å². The van der Waals surface area contributed by atoms with Gasteiger partial charge in [0, 0.05) is 32.7 Å². The molecule has 2 N–H and O–H groups in total. The quantitative estimate of drug-likeness (QED) is 0.723. The highest BCUT2D eigenvalue weighted by molar-refractivity contribution is 5.85. The number of aromatic nitrogens is 3. The van der Waals surface area contributed by atoms with Crippen molar-refractivity contribution >= 4 is 18.3 Å². The van der Waals surface area contributed by atoms with Gasteiger partial charge in [-0.3, -0.25) is 9.69 Å². The van der Waals surface area contributed by atoms with Gasteiger partial charge in [0.15, 0.2) is 0 Å². The van der Waals surface area contributed by atoms with Gasteiger partial charge in [-0.1, -0.05) is 23.4 Å². The Morgan fingerprint density at radius 3 is 2.52 bits per heavy atom. The maximum Gasteiger partial charge on any atom is 0.405 e. The minimum Gasteiger partial charge on any atom is -0.354 e. The Morgan fingerprint density at radius 1 is 1.24 bits per heavy atom. The summed E-state index contributed by atoms with van der Waals surface area (Å²) >= 11 is 0. The topological polar surface area (TPSA) is 75.1 Å². The van der Waals surface area contributed by atoms with E-state index in [2.05, 4.69) is 20.9 Å². The molecule has 0 radical (unpaired) electrons. The fraction of sp³-hybridized carbons (Fsp3) is 0.500. The minimum absolute atomic E-state index is 0. The van der Waals surface area contributed by atoms with Crippen LogP contribution >= 0.6 is 12.4 Å².